The fourth-order valence-corrected chi connectivity index (χ4v) is 4.04. The highest BCUT2D eigenvalue weighted by Gasteiger charge is 2.28. The number of rotatable bonds is 3. The van der Waals surface area contributed by atoms with Gasteiger partial charge in [-0.1, -0.05) is 17.7 Å². The molecule has 0 radical (unpaired) electrons. The summed E-state index contributed by atoms with van der Waals surface area (Å²) in [6.07, 6.45) is 1.29. The Balaban J connectivity index is 1.66. The number of aromatic nitrogens is 1. The van der Waals surface area contributed by atoms with Gasteiger partial charge in [-0.15, -0.1) is 0 Å². The number of carbonyl (C=O) groups excluding carboxylic acids is 3. The Bertz CT molecular complexity index is 1150. The molecule has 1 fully saturated rings. The summed E-state index contributed by atoms with van der Waals surface area (Å²) >= 11 is 6.05. The lowest BCUT2D eigenvalue weighted by Gasteiger charge is -2.11. The normalized spacial score (nSPS) is 16.4. The van der Waals surface area contributed by atoms with Crippen molar-refractivity contribution >= 4 is 45.8 Å². The molecule has 1 N–H and O–H groups in total. The minimum atomic E-state index is -0.682. The van der Waals surface area contributed by atoms with E-state index >= 15 is 0 Å². The smallest absolute Gasteiger partial charge is 0.267 e. The van der Waals surface area contributed by atoms with Crippen LogP contribution in [-0.2, 0) is 9.59 Å². The Hall–Kier alpha value is -2.99. The molecule has 4 rings (SSSR count). The first-order valence-corrected chi connectivity index (χ1v) is 9.66. The van der Waals surface area contributed by atoms with Crippen molar-refractivity contribution in [2.45, 2.75) is 26.2 Å². The van der Waals surface area contributed by atoms with Gasteiger partial charge >= 0.3 is 0 Å². The molecule has 0 spiro atoms. The minimum absolute atomic E-state index is 0.0474. The van der Waals surface area contributed by atoms with Crippen LogP contribution in [0.4, 0.5) is 10.1 Å². The molecule has 1 atom stereocenters. The molecular weight excluding hydrogens is 395 g/mol. The Labute approximate surface area is 171 Å². The van der Waals surface area contributed by atoms with Crippen molar-refractivity contribution in [3.8, 4) is 0 Å². The molecule has 29 heavy (non-hydrogen) atoms. The standard InChI is InChI=1S/C22H18ClFN2O3/c1-12-9-14-10-15(25-21(28)13-5-7-16(27)11-13)6-8-19(14)26(12)22(29)20-17(23)3-2-4-18(20)24/h2-4,6,8-10,13H,5,7,11H2,1H3,(H,25,28). The van der Waals surface area contributed by atoms with Crippen molar-refractivity contribution in [1.82, 2.24) is 4.57 Å². The van der Waals surface area contributed by atoms with Gasteiger partial charge in [0, 0.05) is 35.5 Å². The summed E-state index contributed by atoms with van der Waals surface area (Å²) in [6.45, 7) is 1.75. The number of halogens is 2. The van der Waals surface area contributed by atoms with Crippen LogP contribution >= 0.6 is 11.6 Å². The molecule has 2 aromatic carbocycles. The summed E-state index contributed by atoms with van der Waals surface area (Å²) in [4.78, 5) is 36.7. The molecule has 1 unspecified atom stereocenters. The van der Waals surface area contributed by atoms with Crippen molar-refractivity contribution in [2.75, 3.05) is 5.32 Å². The SMILES string of the molecule is Cc1cc2cc(NC(=O)C3CCC(=O)C3)ccc2n1C(=O)c1c(F)cccc1Cl. The molecule has 1 amide bonds. The van der Waals surface area contributed by atoms with Crippen LogP contribution in [0.1, 0.15) is 35.3 Å². The lowest BCUT2D eigenvalue weighted by Crippen LogP contribution is -2.20. The lowest BCUT2D eigenvalue weighted by atomic mass is 10.1. The maximum absolute atomic E-state index is 14.2. The monoisotopic (exact) mass is 412 g/mol. The van der Waals surface area contributed by atoms with E-state index in [-0.39, 0.29) is 34.6 Å². The first-order valence-electron chi connectivity index (χ1n) is 9.28. The van der Waals surface area contributed by atoms with Crippen LogP contribution in [0.2, 0.25) is 5.02 Å². The van der Waals surface area contributed by atoms with Gasteiger partial charge in [0.05, 0.1) is 16.1 Å². The molecule has 1 saturated carbocycles. The third-order valence-electron chi connectivity index (χ3n) is 5.25. The van der Waals surface area contributed by atoms with Crippen molar-refractivity contribution < 1.29 is 18.8 Å². The van der Waals surface area contributed by atoms with Crippen molar-refractivity contribution in [3.63, 3.8) is 0 Å². The number of amides is 1. The Kier molecular flexibility index (Phi) is 4.96. The number of nitrogens with zero attached hydrogens (tertiary/aromatic N) is 1. The number of hydrogen-bond acceptors (Lipinski definition) is 3. The number of nitrogens with one attached hydrogen (secondary N) is 1. The zero-order valence-corrected chi connectivity index (χ0v) is 16.4. The molecule has 3 aromatic rings. The van der Waals surface area contributed by atoms with E-state index in [4.69, 9.17) is 11.6 Å². The van der Waals surface area contributed by atoms with E-state index in [9.17, 15) is 18.8 Å². The molecule has 1 aliphatic rings. The van der Waals surface area contributed by atoms with Gasteiger partial charge in [-0.05, 0) is 49.7 Å². The molecule has 1 heterocycles. The van der Waals surface area contributed by atoms with Gasteiger partial charge < -0.3 is 5.32 Å². The molecule has 0 bridgehead atoms. The van der Waals surface area contributed by atoms with Crippen LogP contribution in [0, 0.1) is 18.7 Å². The molecule has 0 aliphatic heterocycles. The first kappa shape index (κ1) is 19.3. The van der Waals surface area contributed by atoms with E-state index in [2.05, 4.69) is 5.32 Å². The van der Waals surface area contributed by atoms with Crippen LogP contribution in [0.25, 0.3) is 10.9 Å². The summed E-state index contributed by atoms with van der Waals surface area (Å²) in [5.41, 5.74) is 1.60. The molecular formula is C22H18ClFN2O3. The molecule has 0 saturated heterocycles. The van der Waals surface area contributed by atoms with Crippen molar-refractivity contribution in [3.05, 3.63) is 64.6 Å². The first-order chi connectivity index (χ1) is 13.8. The number of carbonyl (C=O) groups is 3. The van der Waals surface area contributed by atoms with E-state index < -0.39 is 11.7 Å². The number of Topliss-reactive ketones (excluding diaryl/α,β-unsaturated/α-hetero) is 1. The second-order valence-electron chi connectivity index (χ2n) is 7.26. The predicted octanol–water partition coefficient (Wildman–Crippen LogP) is 4.74. The van der Waals surface area contributed by atoms with Crippen LogP contribution in [0.15, 0.2) is 42.5 Å². The van der Waals surface area contributed by atoms with Gasteiger partial charge in [-0.3, -0.25) is 19.0 Å². The largest absolute Gasteiger partial charge is 0.326 e. The maximum Gasteiger partial charge on any atom is 0.267 e. The average molecular weight is 413 g/mol. The number of fused-ring (bicyclic) bond motifs is 1. The molecule has 1 aliphatic carbocycles. The molecule has 5 nitrogen and oxygen atoms in total. The number of benzene rings is 2. The van der Waals surface area contributed by atoms with Crippen LogP contribution < -0.4 is 5.32 Å². The molecule has 1 aromatic heterocycles. The second kappa shape index (κ2) is 7.44. The van der Waals surface area contributed by atoms with Crippen molar-refractivity contribution in [2.24, 2.45) is 5.92 Å². The lowest BCUT2D eigenvalue weighted by molar-refractivity contribution is -0.122. The Morgan fingerprint density at radius 3 is 2.69 bits per heavy atom. The summed E-state index contributed by atoms with van der Waals surface area (Å²) in [7, 11) is 0. The topological polar surface area (TPSA) is 68.2 Å². The minimum Gasteiger partial charge on any atom is -0.326 e. The fourth-order valence-electron chi connectivity index (χ4n) is 3.80. The highest BCUT2D eigenvalue weighted by Crippen LogP contribution is 2.28. The number of hydrogen-bond donors (Lipinski definition) is 1. The predicted molar refractivity (Wildman–Crippen MR) is 109 cm³/mol. The summed E-state index contributed by atoms with van der Waals surface area (Å²) in [6, 6.07) is 11.0. The number of anilines is 1. The van der Waals surface area contributed by atoms with Crippen LogP contribution in [-0.4, -0.2) is 22.2 Å². The zero-order chi connectivity index (χ0) is 20.7. The van der Waals surface area contributed by atoms with E-state index in [1.807, 2.05) is 0 Å². The van der Waals surface area contributed by atoms with Gasteiger partial charge in [0.1, 0.15) is 11.6 Å². The Morgan fingerprint density at radius 1 is 1.21 bits per heavy atom. The van der Waals surface area contributed by atoms with E-state index in [1.54, 1.807) is 31.2 Å². The molecule has 7 heteroatoms. The maximum atomic E-state index is 14.2. The Morgan fingerprint density at radius 2 is 2.00 bits per heavy atom. The van der Waals surface area contributed by atoms with Crippen molar-refractivity contribution in [1.29, 1.82) is 0 Å². The fraction of sp³-hybridized carbons (Fsp3) is 0.227. The van der Waals surface area contributed by atoms with Gasteiger partial charge in [-0.25, -0.2) is 4.39 Å². The third-order valence-corrected chi connectivity index (χ3v) is 5.56. The van der Waals surface area contributed by atoms with E-state index in [0.717, 1.165) is 5.39 Å². The second-order valence-corrected chi connectivity index (χ2v) is 7.67. The number of ketones is 1. The van der Waals surface area contributed by atoms with Crippen LogP contribution in [0.5, 0.6) is 0 Å². The summed E-state index contributed by atoms with van der Waals surface area (Å²) < 4.78 is 15.6. The van der Waals surface area contributed by atoms with E-state index in [1.165, 1.54) is 22.8 Å². The molecule has 148 valence electrons. The van der Waals surface area contributed by atoms with Gasteiger partial charge in [0.2, 0.25) is 5.91 Å². The third kappa shape index (κ3) is 3.56. The van der Waals surface area contributed by atoms with Gasteiger partial charge in [0.25, 0.3) is 5.91 Å². The van der Waals surface area contributed by atoms with E-state index in [0.29, 0.717) is 29.7 Å². The van der Waals surface area contributed by atoms with Gasteiger partial charge in [0.15, 0.2) is 0 Å². The quantitative estimate of drug-likeness (QED) is 0.675. The zero-order valence-electron chi connectivity index (χ0n) is 15.7. The highest BCUT2D eigenvalue weighted by atomic mass is 35.5. The highest BCUT2D eigenvalue weighted by molar-refractivity contribution is 6.34. The summed E-state index contributed by atoms with van der Waals surface area (Å²) in [5.74, 6) is -1.60. The average Bonchev–Trinajstić information content (AvgIpc) is 3.23. The van der Waals surface area contributed by atoms with Crippen LogP contribution in [0.3, 0.4) is 0 Å². The van der Waals surface area contributed by atoms with Gasteiger partial charge in [-0.2, -0.15) is 0 Å². The number of aryl methyl sites for hydroxylation is 1. The summed E-state index contributed by atoms with van der Waals surface area (Å²) in [5, 5.41) is 3.61.